The molecule has 0 N–H and O–H groups in total. The Bertz CT molecular complexity index is 479. The van der Waals surface area contributed by atoms with Crippen molar-refractivity contribution in [1.82, 2.24) is 15.0 Å². The van der Waals surface area contributed by atoms with Crippen molar-refractivity contribution < 1.29 is 4.74 Å². The minimum atomic E-state index is 0.190. The van der Waals surface area contributed by atoms with Gasteiger partial charge in [-0.3, -0.25) is 4.98 Å². The zero-order valence-electron chi connectivity index (χ0n) is 8.10. The molecular formula is C10H7Cl2N3O. The van der Waals surface area contributed by atoms with Gasteiger partial charge in [0, 0.05) is 6.20 Å². The number of alkyl halides is 1. The third-order valence-corrected chi connectivity index (χ3v) is 2.43. The lowest BCUT2D eigenvalue weighted by atomic mass is 10.3. The highest BCUT2D eigenvalue weighted by molar-refractivity contribution is 6.31. The summed E-state index contributed by atoms with van der Waals surface area (Å²) in [5.74, 6) is 1.11. The van der Waals surface area contributed by atoms with Gasteiger partial charge in [0.25, 0.3) is 0 Å². The predicted octanol–water partition coefficient (Wildman–Crippen LogP) is 3.06. The Morgan fingerprint density at radius 2 is 2.19 bits per heavy atom. The molecule has 82 valence electrons. The number of nitrogens with zero attached hydrogens (tertiary/aromatic N) is 3. The molecule has 0 amide bonds. The van der Waals surface area contributed by atoms with Crippen LogP contribution in [0.15, 0.2) is 30.9 Å². The van der Waals surface area contributed by atoms with Gasteiger partial charge in [0.05, 0.1) is 17.6 Å². The number of hydrogen-bond acceptors (Lipinski definition) is 4. The average Bonchev–Trinajstić information content (AvgIpc) is 2.31. The van der Waals surface area contributed by atoms with Crippen LogP contribution >= 0.6 is 23.2 Å². The van der Waals surface area contributed by atoms with E-state index in [2.05, 4.69) is 15.0 Å². The molecule has 0 fully saturated rings. The highest BCUT2D eigenvalue weighted by atomic mass is 35.5. The summed E-state index contributed by atoms with van der Waals surface area (Å²) in [6, 6.07) is 3.53. The molecule has 0 atom stereocenters. The van der Waals surface area contributed by atoms with Gasteiger partial charge in [0.2, 0.25) is 5.88 Å². The quantitative estimate of drug-likeness (QED) is 0.625. The van der Waals surface area contributed by atoms with Gasteiger partial charge in [-0.2, -0.15) is 0 Å². The average molecular weight is 256 g/mol. The number of aromatic nitrogens is 3. The van der Waals surface area contributed by atoms with Crippen LogP contribution in [0.1, 0.15) is 5.56 Å². The lowest BCUT2D eigenvalue weighted by Crippen LogP contribution is -1.96. The Labute approximate surface area is 102 Å². The minimum absolute atomic E-state index is 0.190. The smallest absolute Gasteiger partial charge is 0.228 e. The molecule has 2 rings (SSSR count). The van der Waals surface area contributed by atoms with Crippen LogP contribution in [0.2, 0.25) is 5.15 Å². The second kappa shape index (κ2) is 5.09. The molecule has 0 saturated carbocycles. The third kappa shape index (κ3) is 2.40. The summed E-state index contributed by atoms with van der Waals surface area (Å²) >= 11 is 11.6. The second-order valence-corrected chi connectivity index (χ2v) is 3.50. The van der Waals surface area contributed by atoms with Crippen molar-refractivity contribution >= 4 is 23.2 Å². The first-order valence-corrected chi connectivity index (χ1v) is 5.35. The van der Waals surface area contributed by atoms with E-state index in [0.717, 1.165) is 0 Å². The zero-order chi connectivity index (χ0) is 11.4. The molecule has 4 nitrogen and oxygen atoms in total. The molecule has 6 heteroatoms. The lowest BCUT2D eigenvalue weighted by molar-refractivity contribution is 0.454. The van der Waals surface area contributed by atoms with E-state index in [1.165, 1.54) is 6.33 Å². The van der Waals surface area contributed by atoms with Crippen molar-refractivity contribution in [2.75, 3.05) is 0 Å². The number of hydrogen-bond donors (Lipinski definition) is 0. The van der Waals surface area contributed by atoms with Gasteiger partial charge in [-0.15, -0.1) is 11.6 Å². The standard InChI is InChI=1S/C10H7Cl2N3O/c11-4-8-9(12)14-6-15-10(8)16-7-2-1-3-13-5-7/h1-3,5-6H,4H2. The van der Waals surface area contributed by atoms with E-state index in [0.29, 0.717) is 22.3 Å². The maximum absolute atomic E-state index is 5.86. The summed E-state index contributed by atoms with van der Waals surface area (Å²) in [6.07, 6.45) is 4.56. The fourth-order valence-electron chi connectivity index (χ4n) is 1.10. The van der Waals surface area contributed by atoms with Crippen molar-refractivity contribution in [1.29, 1.82) is 0 Å². The summed E-state index contributed by atoms with van der Waals surface area (Å²) in [4.78, 5) is 11.7. The fourth-order valence-corrected chi connectivity index (χ4v) is 1.60. The van der Waals surface area contributed by atoms with Crippen LogP contribution in [0.4, 0.5) is 0 Å². The number of rotatable bonds is 3. The number of ether oxygens (including phenoxy) is 1. The molecule has 2 aromatic heterocycles. The summed E-state index contributed by atoms with van der Waals surface area (Å²) in [7, 11) is 0. The molecule has 0 aromatic carbocycles. The number of pyridine rings is 1. The van der Waals surface area contributed by atoms with E-state index in [9.17, 15) is 0 Å². The maximum Gasteiger partial charge on any atom is 0.228 e. The van der Waals surface area contributed by atoms with Gasteiger partial charge < -0.3 is 4.74 Å². The maximum atomic E-state index is 5.86. The summed E-state index contributed by atoms with van der Waals surface area (Å²) in [6.45, 7) is 0. The highest BCUT2D eigenvalue weighted by Gasteiger charge is 2.10. The predicted molar refractivity (Wildman–Crippen MR) is 60.9 cm³/mol. The van der Waals surface area contributed by atoms with E-state index in [4.69, 9.17) is 27.9 Å². The first kappa shape index (κ1) is 11.1. The van der Waals surface area contributed by atoms with Crippen molar-refractivity contribution in [2.24, 2.45) is 0 Å². The fraction of sp³-hybridized carbons (Fsp3) is 0.100. The van der Waals surface area contributed by atoms with E-state index < -0.39 is 0 Å². The van der Waals surface area contributed by atoms with Crippen LogP contribution in [-0.4, -0.2) is 15.0 Å². The van der Waals surface area contributed by atoms with Crippen LogP contribution < -0.4 is 4.74 Å². The van der Waals surface area contributed by atoms with E-state index in [-0.39, 0.29) is 5.88 Å². The van der Waals surface area contributed by atoms with Gasteiger partial charge in [-0.05, 0) is 12.1 Å². The Morgan fingerprint density at radius 3 is 2.88 bits per heavy atom. The van der Waals surface area contributed by atoms with Gasteiger partial charge in [-0.1, -0.05) is 11.6 Å². The molecule has 0 aliphatic rings. The third-order valence-electron chi connectivity index (χ3n) is 1.84. The molecule has 0 saturated heterocycles. The molecule has 0 aliphatic carbocycles. The zero-order valence-corrected chi connectivity index (χ0v) is 9.61. The normalized spacial score (nSPS) is 10.1. The van der Waals surface area contributed by atoms with Gasteiger partial charge in [0.15, 0.2) is 0 Å². The molecule has 0 aliphatic heterocycles. The molecule has 0 unspecified atom stereocenters. The first-order valence-electron chi connectivity index (χ1n) is 4.44. The van der Waals surface area contributed by atoms with E-state index >= 15 is 0 Å². The van der Waals surface area contributed by atoms with Crippen molar-refractivity contribution in [2.45, 2.75) is 5.88 Å². The van der Waals surface area contributed by atoms with Crippen LogP contribution in [-0.2, 0) is 5.88 Å². The molecule has 2 heterocycles. The van der Waals surface area contributed by atoms with E-state index in [1.54, 1.807) is 24.5 Å². The Morgan fingerprint density at radius 1 is 1.31 bits per heavy atom. The summed E-state index contributed by atoms with van der Waals surface area (Å²) < 4.78 is 5.50. The minimum Gasteiger partial charge on any atom is -0.437 e. The Kier molecular flexibility index (Phi) is 3.54. The second-order valence-electron chi connectivity index (χ2n) is 2.87. The Balaban J connectivity index is 2.31. The van der Waals surface area contributed by atoms with Crippen LogP contribution in [0.3, 0.4) is 0 Å². The molecule has 0 bridgehead atoms. The Hall–Kier alpha value is -1.39. The molecule has 2 aromatic rings. The van der Waals surface area contributed by atoms with Crippen molar-refractivity contribution in [3.8, 4) is 11.6 Å². The van der Waals surface area contributed by atoms with E-state index in [1.807, 2.05) is 0 Å². The van der Waals surface area contributed by atoms with Crippen LogP contribution in [0, 0.1) is 0 Å². The topological polar surface area (TPSA) is 47.9 Å². The SMILES string of the molecule is ClCc1c(Cl)ncnc1Oc1cccnc1. The largest absolute Gasteiger partial charge is 0.437 e. The molecule has 16 heavy (non-hydrogen) atoms. The highest BCUT2D eigenvalue weighted by Crippen LogP contribution is 2.27. The first-order chi connectivity index (χ1) is 7.81. The summed E-state index contributed by atoms with van der Waals surface area (Å²) in [5, 5.41) is 0.295. The summed E-state index contributed by atoms with van der Waals surface area (Å²) in [5.41, 5.74) is 0.565. The van der Waals surface area contributed by atoms with Gasteiger partial charge in [-0.25, -0.2) is 9.97 Å². The van der Waals surface area contributed by atoms with Gasteiger partial charge >= 0.3 is 0 Å². The number of halogens is 2. The molecular weight excluding hydrogens is 249 g/mol. The lowest BCUT2D eigenvalue weighted by Gasteiger charge is -2.07. The van der Waals surface area contributed by atoms with Gasteiger partial charge in [0.1, 0.15) is 17.2 Å². The van der Waals surface area contributed by atoms with Crippen LogP contribution in [0.25, 0.3) is 0 Å². The van der Waals surface area contributed by atoms with Crippen molar-refractivity contribution in [3.05, 3.63) is 41.6 Å². The molecule has 0 radical (unpaired) electrons. The van der Waals surface area contributed by atoms with Crippen LogP contribution in [0.5, 0.6) is 11.6 Å². The monoisotopic (exact) mass is 255 g/mol. The van der Waals surface area contributed by atoms with Crippen molar-refractivity contribution in [3.63, 3.8) is 0 Å². The molecule has 0 spiro atoms.